The van der Waals surface area contributed by atoms with Crippen molar-refractivity contribution in [3.63, 3.8) is 0 Å². The summed E-state index contributed by atoms with van der Waals surface area (Å²) in [7, 11) is 0. The van der Waals surface area contributed by atoms with Gasteiger partial charge in [-0.15, -0.1) is 0 Å². The van der Waals surface area contributed by atoms with Crippen molar-refractivity contribution in [1.82, 2.24) is 0 Å². The number of nitrogen functional groups attached to an aromatic ring is 1. The lowest BCUT2D eigenvalue weighted by Gasteiger charge is -2.24. The number of nitrogens with zero attached hydrogens (tertiary/aromatic N) is 3. The van der Waals surface area contributed by atoms with Gasteiger partial charge in [0, 0.05) is 19.2 Å². The van der Waals surface area contributed by atoms with E-state index in [1.165, 1.54) is 13.0 Å². The molecule has 0 aromatic heterocycles. The van der Waals surface area contributed by atoms with Gasteiger partial charge in [0.25, 0.3) is 5.69 Å². The van der Waals surface area contributed by atoms with E-state index in [0.29, 0.717) is 18.7 Å². The van der Waals surface area contributed by atoms with Gasteiger partial charge in [0.1, 0.15) is 5.69 Å². The van der Waals surface area contributed by atoms with Crippen LogP contribution in [0.4, 0.5) is 22.7 Å². The zero-order chi connectivity index (χ0) is 16.2. The van der Waals surface area contributed by atoms with E-state index in [1.807, 2.05) is 13.8 Å². The first-order valence-corrected chi connectivity index (χ1v) is 6.81. The van der Waals surface area contributed by atoms with Crippen LogP contribution < -0.4 is 10.6 Å². The van der Waals surface area contributed by atoms with Crippen molar-refractivity contribution >= 4 is 22.7 Å². The van der Waals surface area contributed by atoms with Gasteiger partial charge in [-0.3, -0.25) is 20.2 Å². The minimum absolute atomic E-state index is 0.0109. The van der Waals surface area contributed by atoms with Crippen LogP contribution in [0.25, 0.3) is 0 Å². The smallest absolute Gasteiger partial charge is 0.322 e. The van der Waals surface area contributed by atoms with Crippen molar-refractivity contribution in [2.75, 3.05) is 23.7 Å². The Kier molecular flexibility index (Phi) is 5.45. The molecule has 1 aromatic carbocycles. The number of hydrogen-bond acceptors (Lipinski definition) is 6. The van der Waals surface area contributed by atoms with Gasteiger partial charge in [-0.2, -0.15) is 0 Å². The molecule has 0 aliphatic carbocycles. The average molecular weight is 296 g/mol. The summed E-state index contributed by atoms with van der Waals surface area (Å²) in [5.41, 5.74) is 5.49. The summed E-state index contributed by atoms with van der Waals surface area (Å²) < 4.78 is 0. The van der Waals surface area contributed by atoms with Gasteiger partial charge in [0.05, 0.1) is 9.85 Å². The molecular formula is C13H20N4O4. The molecule has 0 aliphatic heterocycles. The highest BCUT2D eigenvalue weighted by atomic mass is 16.6. The molecule has 116 valence electrons. The number of nitro benzene ring substituents is 2. The van der Waals surface area contributed by atoms with Crippen molar-refractivity contribution in [3.8, 4) is 0 Å². The predicted octanol–water partition coefficient (Wildman–Crippen LogP) is 3.02. The zero-order valence-corrected chi connectivity index (χ0v) is 12.5. The molecule has 0 saturated carbocycles. The molecule has 21 heavy (non-hydrogen) atoms. The van der Waals surface area contributed by atoms with E-state index in [0.717, 1.165) is 12.8 Å². The molecule has 8 heteroatoms. The molecule has 0 atom stereocenters. The van der Waals surface area contributed by atoms with E-state index in [-0.39, 0.29) is 22.7 Å². The average Bonchev–Trinajstić information content (AvgIpc) is 2.40. The normalized spacial score (nSPS) is 10.4. The van der Waals surface area contributed by atoms with Crippen LogP contribution in [0.5, 0.6) is 0 Å². The highest BCUT2D eigenvalue weighted by Gasteiger charge is 2.33. The van der Waals surface area contributed by atoms with Gasteiger partial charge in [0.2, 0.25) is 0 Å². The van der Waals surface area contributed by atoms with Crippen LogP contribution >= 0.6 is 0 Å². The second-order valence-electron chi connectivity index (χ2n) is 4.82. The zero-order valence-electron chi connectivity index (χ0n) is 12.5. The molecule has 0 fully saturated rings. The lowest BCUT2D eigenvalue weighted by molar-refractivity contribution is -0.392. The van der Waals surface area contributed by atoms with Crippen molar-refractivity contribution in [3.05, 3.63) is 31.9 Å². The predicted molar refractivity (Wildman–Crippen MR) is 81.7 cm³/mol. The van der Waals surface area contributed by atoms with Crippen LogP contribution in [-0.2, 0) is 0 Å². The second-order valence-corrected chi connectivity index (χ2v) is 4.82. The van der Waals surface area contributed by atoms with Gasteiger partial charge < -0.3 is 10.6 Å². The van der Waals surface area contributed by atoms with E-state index < -0.39 is 9.85 Å². The van der Waals surface area contributed by atoms with E-state index >= 15 is 0 Å². The van der Waals surface area contributed by atoms with Crippen LogP contribution in [0, 0.1) is 27.2 Å². The molecule has 0 aliphatic rings. The van der Waals surface area contributed by atoms with Crippen molar-refractivity contribution in [2.24, 2.45) is 0 Å². The summed E-state index contributed by atoms with van der Waals surface area (Å²) in [5.74, 6) is 0. The Hall–Kier alpha value is -2.38. The Labute approximate surface area is 122 Å². The third-order valence-corrected chi connectivity index (χ3v) is 3.18. The molecule has 1 aromatic rings. The minimum atomic E-state index is -0.636. The van der Waals surface area contributed by atoms with Gasteiger partial charge in [-0.05, 0) is 25.3 Å². The third-order valence-electron chi connectivity index (χ3n) is 3.18. The molecule has 0 unspecified atom stereocenters. The van der Waals surface area contributed by atoms with E-state index in [4.69, 9.17) is 5.73 Å². The van der Waals surface area contributed by atoms with Gasteiger partial charge >= 0.3 is 5.69 Å². The fraction of sp³-hybridized carbons (Fsp3) is 0.538. The highest BCUT2D eigenvalue weighted by molar-refractivity contribution is 5.85. The highest BCUT2D eigenvalue weighted by Crippen LogP contribution is 2.43. The van der Waals surface area contributed by atoms with Crippen molar-refractivity contribution in [2.45, 2.75) is 33.6 Å². The number of rotatable bonds is 7. The first-order chi connectivity index (χ1) is 9.84. The second kappa shape index (κ2) is 6.87. The molecule has 2 N–H and O–H groups in total. The molecule has 0 bridgehead atoms. The lowest BCUT2D eigenvalue weighted by atomic mass is 10.1. The third kappa shape index (κ3) is 3.39. The SMILES string of the molecule is CCCN(CCC)c1c([N+](=O)[O-])cc(C)c(N)c1[N+](=O)[O-]. The molecule has 0 saturated heterocycles. The lowest BCUT2D eigenvalue weighted by Crippen LogP contribution is -2.27. The fourth-order valence-corrected chi connectivity index (χ4v) is 2.30. The molecule has 0 radical (unpaired) electrons. The van der Waals surface area contributed by atoms with Gasteiger partial charge in [-0.1, -0.05) is 13.8 Å². The maximum atomic E-state index is 11.4. The number of anilines is 2. The molecule has 8 nitrogen and oxygen atoms in total. The van der Waals surface area contributed by atoms with Crippen molar-refractivity contribution in [1.29, 1.82) is 0 Å². The first kappa shape index (κ1) is 16.7. The van der Waals surface area contributed by atoms with Gasteiger partial charge in [0.15, 0.2) is 5.69 Å². The summed E-state index contributed by atoms with van der Waals surface area (Å²) in [5, 5.41) is 22.6. The van der Waals surface area contributed by atoms with Crippen LogP contribution in [0.3, 0.4) is 0 Å². The Bertz CT molecular complexity index is 554. The quantitative estimate of drug-likeness (QED) is 0.469. The molecule has 0 amide bonds. The standard InChI is InChI=1S/C13H20N4O4/c1-4-6-15(7-5-2)12-10(16(18)19)8-9(3)11(14)13(12)17(20)21/h8H,4-7,14H2,1-3H3. The number of hydrogen-bond donors (Lipinski definition) is 1. The van der Waals surface area contributed by atoms with Crippen LogP contribution in [0.2, 0.25) is 0 Å². The van der Waals surface area contributed by atoms with Crippen molar-refractivity contribution < 1.29 is 9.85 Å². The van der Waals surface area contributed by atoms with Gasteiger partial charge in [-0.25, -0.2) is 0 Å². The molecule has 1 rings (SSSR count). The molecular weight excluding hydrogens is 276 g/mol. The largest absolute Gasteiger partial charge is 0.393 e. The van der Waals surface area contributed by atoms with E-state index in [1.54, 1.807) is 4.90 Å². The summed E-state index contributed by atoms with van der Waals surface area (Å²) in [4.78, 5) is 23.1. The topological polar surface area (TPSA) is 116 Å². The van der Waals surface area contributed by atoms with Crippen LogP contribution in [0.1, 0.15) is 32.3 Å². The summed E-state index contributed by atoms with van der Waals surface area (Å²) in [6.45, 7) is 6.36. The Morgan fingerprint density at radius 2 is 1.67 bits per heavy atom. The number of benzene rings is 1. The maximum absolute atomic E-state index is 11.4. The van der Waals surface area contributed by atoms with E-state index in [9.17, 15) is 20.2 Å². The van der Waals surface area contributed by atoms with E-state index in [2.05, 4.69) is 0 Å². The Morgan fingerprint density at radius 1 is 1.14 bits per heavy atom. The number of aryl methyl sites for hydroxylation is 1. The number of nitro groups is 2. The Balaban J connectivity index is 3.67. The first-order valence-electron chi connectivity index (χ1n) is 6.81. The summed E-state index contributed by atoms with van der Waals surface area (Å²) >= 11 is 0. The minimum Gasteiger partial charge on any atom is -0.393 e. The summed E-state index contributed by atoms with van der Waals surface area (Å²) in [6, 6.07) is 1.30. The Morgan fingerprint density at radius 3 is 2.05 bits per heavy atom. The van der Waals surface area contributed by atoms with Crippen LogP contribution in [0.15, 0.2) is 6.07 Å². The molecule has 0 spiro atoms. The fourth-order valence-electron chi connectivity index (χ4n) is 2.30. The monoisotopic (exact) mass is 296 g/mol. The van der Waals surface area contributed by atoms with Crippen LogP contribution in [-0.4, -0.2) is 22.9 Å². The summed E-state index contributed by atoms with van der Waals surface area (Å²) in [6.07, 6.45) is 1.45. The maximum Gasteiger partial charge on any atom is 0.322 e. The number of nitrogens with two attached hydrogens (primary N) is 1. The molecule has 0 heterocycles.